The third-order valence-electron chi connectivity index (χ3n) is 6.93. The van der Waals surface area contributed by atoms with Gasteiger partial charge in [-0.15, -0.1) is 0 Å². The van der Waals surface area contributed by atoms with Crippen LogP contribution < -0.4 is 16.2 Å². The molecular weight excluding hydrogens is 569 g/mol. The van der Waals surface area contributed by atoms with Crippen molar-refractivity contribution in [3.63, 3.8) is 0 Å². The summed E-state index contributed by atoms with van der Waals surface area (Å²) in [5, 5.41) is 14.7. The molecule has 0 bridgehead atoms. The molecule has 0 radical (unpaired) electrons. The molecule has 0 spiro atoms. The Labute approximate surface area is 256 Å². The van der Waals surface area contributed by atoms with Gasteiger partial charge in [0.1, 0.15) is 23.8 Å². The fourth-order valence-electron chi connectivity index (χ4n) is 4.91. The molecule has 2 unspecified atom stereocenters. The standard InChI is InChI=1S/C32H42FN5O6/c1-32(2,3)18-21-15-22(33)14-20-16-23(34-28(20)21)19-38-13-9-12-26(30(38)41)35-29(40)25(36-31(42)43)11-8-7-10-24(39)17-27(44-6)37(4)5/h7,9-10,12-16,25,27,34,36H,8,11,17-19H2,1-6H3,(H,35,40)(H,42,43)/b10-7+. The summed E-state index contributed by atoms with van der Waals surface area (Å²) in [4.78, 5) is 54.9. The van der Waals surface area contributed by atoms with E-state index in [1.807, 2.05) is 0 Å². The largest absolute Gasteiger partial charge is 0.465 e. The van der Waals surface area contributed by atoms with Gasteiger partial charge >= 0.3 is 6.09 Å². The molecule has 0 aliphatic rings. The lowest BCUT2D eigenvalue weighted by Gasteiger charge is -2.21. The molecule has 0 saturated heterocycles. The molecule has 0 aliphatic carbocycles. The molecule has 11 nitrogen and oxygen atoms in total. The number of halogens is 1. The fourth-order valence-corrected chi connectivity index (χ4v) is 4.91. The maximum absolute atomic E-state index is 14.3. The minimum atomic E-state index is -1.40. The van der Waals surface area contributed by atoms with Crippen LogP contribution in [0.2, 0.25) is 0 Å². The van der Waals surface area contributed by atoms with E-state index < -0.39 is 23.6 Å². The number of anilines is 1. The summed E-state index contributed by atoms with van der Waals surface area (Å²) in [5.74, 6) is -1.21. The number of rotatable bonds is 14. The molecule has 3 rings (SSSR count). The van der Waals surface area contributed by atoms with Crippen molar-refractivity contribution in [3.05, 3.63) is 76.1 Å². The van der Waals surface area contributed by atoms with E-state index in [4.69, 9.17) is 4.74 Å². The van der Waals surface area contributed by atoms with Crippen molar-refractivity contribution in [1.29, 1.82) is 0 Å². The van der Waals surface area contributed by atoms with Crippen LogP contribution in [0.4, 0.5) is 14.9 Å². The van der Waals surface area contributed by atoms with Gasteiger partial charge in [0.25, 0.3) is 5.56 Å². The van der Waals surface area contributed by atoms with Gasteiger partial charge in [0.15, 0.2) is 5.78 Å². The smallest absolute Gasteiger partial charge is 0.405 e. The number of nitrogens with one attached hydrogen (secondary N) is 3. The quantitative estimate of drug-likeness (QED) is 0.155. The number of amides is 2. The minimum absolute atomic E-state index is 0.0229. The molecule has 2 heterocycles. The number of aromatic amines is 1. The van der Waals surface area contributed by atoms with E-state index >= 15 is 0 Å². The number of ether oxygens (including phenoxy) is 1. The van der Waals surface area contributed by atoms with Crippen molar-refractivity contribution in [2.45, 2.75) is 65.3 Å². The second kappa shape index (κ2) is 14.9. The topological polar surface area (TPSA) is 146 Å². The SMILES string of the molecule is COC(CC(=O)/C=C/CCC(NC(=O)O)C(=O)Nc1cccn(Cc2cc3cc(F)cc(CC(C)(C)C)c3[nH]2)c1=O)N(C)C. The number of fused-ring (bicyclic) bond motifs is 1. The average Bonchev–Trinajstić information content (AvgIpc) is 3.32. The number of ketones is 1. The summed E-state index contributed by atoms with van der Waals surface area (Å²) in [6.07, 6.45) is 3.85. The Morgan fingerprint density at radius 1 is 1.20 bits per heavy atom. The van der Waals surface area contributed by atoms with E-state index in [1.54, 1.807) is 43.4 Å². The number of hydrogen-bond donors (Lipinski definition) is 4. The van der Waals surface area contributed by atoms with Crippen molar-refractivity contribution in [1.82, 2.24) is 19.8 Å². The van der Waals surface area contributed by atoms with Gasteiger partial charge in [-0.05, 0) is 80.7 Å². The highest BCUT2D eigenvalue weighted by atomic mass is 19.1. The number of allylic oxidation sites excluding steroid dienone is 2. The average molecular weight is 612 g/mol. The molecular formula is C32H42FN5O6. The van der Waals surface area contributed by atoms with Gasteiger partial charge in [0.2, 0.25) is 5.91 Å². The van der Waals surface area contributed by atoms with Crippen LogP contribution in [0.5, 0.6) is 0 Å². The van der Waals surface area contributed by atoms with Gasteiger partial charge in [-0.1, -0.05) is 26.8 Å². The van der Waals surface area contributed by atoms with Gasteiger partial charge in [-0.2, -0.15) is 0 Å². The number of methoxy groups -OCH3 is 1. The predicted molar refractivity (Wildman–Crippen MR) is 167 cm³/mol. The van der Waals surface area contributed by atoms with Crippen LogP contribution >= 0.6 is 0 Å². The summed E-state index contributed by atoms with van der Waals surface area (Å²) in [6, 6.07) is 6.63. The Kier molecular flexibility index (Phi) is 11.6. The van der Waals surface area contributed by atoms with Gasteiger partial charge in [0, 0.05) is 29.9 Å². The second-order valence-electron chi connectivity index (χ2n) is 12.2. The monoisotopic (exact) mass is 611 g/mol. The highest BCUT2D eigenvalue weighted by Crippen LogP contribution is 2.28. The molecule has 2 atom stereocenters. The van der Waals surface area contributed by atoms with E-state index in [9.17, 15) is 28.7 Å². The number of nitrogens with zero attached hydrogens (tertiary/aromatic N) is 2. The highest BCUT2D eigenvalue weighted by molar-refractivity contribution is 5.96. The summed E-state index contributed by atoms with van der Waals surface area (Å²) in [6.45, 7) is 6.37. The van der Waals surface area contributed by atoms with Crippen molar-refractivity contribution >= 4 is 34.4 Å². The number of carbonyl (C=O) groups excluding carboxylic acids is 2. The van der Waals surface area contributed by atoms with Crippen LogP contribution in [-0.4, -0.2) is 70.8 Å². The van der Waals surface area contributed by atoms with Crippen molar-refractivity contribution in [2.24, 2.45) is 5.41 Å². The highest BCUT2D eigenvalue weighted by Gasteiger charge is 2.22. The van der Waals surface area contributed by atoms with E-state index in [0.29, 0.717) is 17.5 Å². The molecule has 12 heteroatoms. The van der Waals surface area contributed by atoms with Gasteiger partial charge in [-0.25, -0.2) is 9.18 Å². The molecule has 0 saturated carbocycles. The zero-order chi connectivity index (χ0) is 32.6. The van der Waals surface area contributed by atoms with Crippen LogP contribution in [0.15, 0.2) is 53.5 Å². The number of aromatic nitrogens is 2. The molecule has 238 valence electrons. The Morgan fingerprint density at radius 2 is 1.93 bits per heavy atom. The maximum atomic E-state index is 14.3. The van der Waals surface area contributed by atoms with E-state index in [2.05, 4.69) is 36.4 Å². The van der Waals surface area contributed by atoms with E-state index in [1.165, 1.54) is 36.0 Å². The Hall–Kier alpha value is -4.29. The van der Waals surface area contributed by atoms with Gasteiger partial charge in [0.05, 0.1) is 13.0 Å². The lowest BCUT2D eigenvalue weighted by Crippen LogP contribution is -2.44. The predicted octanol–water partition coefficient (Wildman–Crippen LogP) is 4.51. The lowest BCUT2D eigenvalue weighted by atomic mass is 9.87. The number of carboxylic acid groups (broad SMARTS) is 1. The first-order valence-corrected chi connectivity index (χ1v) is 14.3. The second-order valence-corrected chi connectivity index (χ2v) is 12.2. The third kappa shape index (κ3) is 9.88. The first-order chi connectivity index (χ1) is 20.7. The zero-order valence-corrected chi connectivity index (χ0v) is 26.1. The summed E-state index contributed by atoms with van der Waals surface area (Å²) < 4.78 is 21.0. The molecule has 44 heavy (non-hydrogen) atoms. The lowest BCUT2D eigenvalue weighted by molar-refractivity contribution is -0.120. The van der Waals surface area contributed by atoms with E-state index in [0.717, 1.165) is 11.1 Å². The number of benzene rings is 1. The maximum Gasteiger partial charge on any atom is 0.405 e. The molecule has 3 aromatic rings. The minimum Gasteiger partial charge on any atom is -0.465 e. The molecule has 0 fully saturated rings. The Balaban J connectivity index is 1.72. The summed E-state index contributed by atoms with van der Waals surface area (Å²) in [7, 11) is 5.10. The molecule has 2 amide bonds. The number of hydrogen-bond acceptors (Lipinski definition) is 6. The number of carbonyl (C=O) groups is 3. The van der Waals surface area contributed by atoms with Gasteiger partial charge in [-0.3, -0.25) is 19.3 Å². The van der Waals surface area contributed by atoms with Gasteiger partial charge < -0.3 is 30.0 Å². The first kappa shape index (κ1) is 34.2. The van der Waals surface area contributed by atoms with Crippen molar-refractivity contribution in [2.75, 3.05) is 26.5 Å². The van der Waals surface area contributed by atoms with Crippen LogP contribution in [0.3, 0.4) is 0 Å². The third-order valence-corrected chi connectivity index (χ3v) is 6.93. The molecule has 1 aromatic carbocycles. The van der Waals surface area contributed by atoms with Crippen molar-refractivity contribution in [3.8, 4) is 0 Å². The van der Waals surface area contributed by atoms with Crippen LogP contribution in [-0.2, 0) is 27.3 Å². The summed E-state index contributed by atoms with van der Waals surface area (Å²) >= 11 is 0. The van der Waals surface area contributed by atoms with E-state index in [-0.39, 0.29) is 54.7 Å². The fraction of sp³-hybridized carbons (Fsp3) is 0.438. The van der Waals surface area contributed by atoms with Crippen molar-refractivity contribution < 1.29 is 28.6 Å². The number of pyridine rings is 1. The molecule has 4 N–H and O–H groups in total. The Morgan fingerprint density at radius 3 is 2.57 bits per heavy atom. The van der Waals surface area contributed by atoms with Crippen LogP contribution in [0.25, 0.3) is 10.9 Å². The Bertz CT molecular complexity index is 1570. The molecule has 0 aliphatic heterocycles. The zero-order valence-electron chi connectivity index (χ0n) is 26.1. The summed E-state index contributed by atoms with van der Waals surface area (Å²) in [5.41, 5.74) is 1.76. The van der Waals surface area contributed by atoms with Crippen LogP contribution in [0, 0.1) is 11.2 Å². The van der Waals surface area contributed by atoms with Crippen LogP contribution in [0.1, 0.15) is 51.3 Å². The molecule has 2 aromatic heterocycles. The number of H-pyrrole nitrogens is 1. The first-order valence-electron chi connectivity index (χ1n) is 14.3. The normalized spacial score (nSPS) is 13.4.